The van der Waals surface area contributed by atoms with Crippen molar-refractivity contribution in [1.29, 1.82) is 0 Å². The van der Waals surface area contributed by atoms with E-state index in [-0.39, 0.29) is 34.8 Å². The van der Waals surface area contributed by atoms with Gasteiger partial charge in [0, 0.05) is 47.5 Å². The van der Waals surface area contributed by atoms with Crippen molar-refractivity contribution in [3.05, 3.63) is 95.4 Å². The summed E-state index contributed by atoms with van der Waals surface area (Å²) >= 11 is 0. The minimum Gasteiger partial charge on any atom is -0.324 e. The number of fused-ring (bicyclic) bond motifs is 2. The zero-order valence-electron chi connectivity index (χ0n) is 27.9. The molecule has 2 aliphatic rings. The van der Waals surface area contributed by atoms with Crippen LogP contribution in [-0.4, -0.2) is 45.4 Å². The van der Waals surface area contributed by atoms with Crippen LogP contribution in [0.3, 0.4) is 0 Å². The standard InChI is InChI=1S/C25H17F6N5O.C10H16O4S/c1-14-4-5-19(12-21(14)36-23-33-8-6-20(35-23)15-3-2-7-32-13-15)34-22(37)16-9-17(24(26,27)28)11-18(10-16)25(29,30)31;1-9(2)7-3-4-10(9,8(11)5-7)6-15(12,13)14/h2-13H,1H3,(H,34,37)(H,33,35,36);7H,3-6H2,1-2H3,(H,12,13,14). The van der Waals surface area contributed by atoms with Crippen molar-refractivity contribution >= 4 is 39.1 Å². The molecule has 1 amide bonds. The van der Waals surface area contributed by atoms with Gasteiger partial charge in [-0.2, -0.15) is 34.8 Å². The Morgan fingerprint density at radius 3 is 2.19 bits per heavy atom. The third-order valence-electron chi connectivity index (χ3n) is 9.77. The van der Waals surface area contributed by atoms with E-state index in [1.54, 1.807) is 37.5 Å². The van der Waals surface area contributed by atoms with E-state index >= 15 is 0 Å². The third-order valence-corrected chi connectivity index (χ3v) is 10.6. The number of hydrogen-bond acceptors (Lipinski definition) is 8. The number of amides is 1. The molecule has 2 fully saturated rings. The molecule has 2 atom stereocenters. The Kier molecular flexibility index (Phi) is 10.3. The van der Waals surface area contributed by atoms with E-state index in [2.05, 4.69) is 25.6 Å². The predicted octanol–water partition coefficient (Wildman–Crippen LogP) is 8.15. The lowest BCUT2D eigenvalue weighted by Crippen LogP contribution is -2.42. The molecule has 2 aliphatic carbocycles. The highest BCUT2D eigenvalue weighted by atomic mass is 32.2. The summed E-state index contributed by atoms with van der Waals surface area (Å²) in [5.74, 6) is -1.02. The van der Waals surface area contributed by atoms with Gasteiger partial charge in [-0.3, -0.25) is 19.1 Å². The van der Waals surface area contributed by atoms with E-state index in [4.69, 9.17) is 4.55 Å². The Morgan fingerprint density at radius 2 is 1.65 bits per heavy atom. The summed E-state index contributed by atoms with van der Waals surface area (Å²) in [4.78, 5) is 37.1. The molecule has 17 heteroatoms. The van der Waals surface area contributed by atoms with E-state index in [9.17, 15) is 44.3 Å². The lowest BCUT2D eigenvalue weighted by molar-refractivity contribution is -0.143. The first kappa shape index (κ1) is 38.3. The number of alkyl halides is 6. The summed E-state index contributed by atoms with van der Waals surface area (Å²) in [5.41, 5.74) is -2.41. The zero-order chi connectivity index (χ0) is 38.3. The number of ketones is 1. The lowest BCUT2D eigenvalue weighted by atomic mass is 9.70. The van der Waals surface area contributed by atoms with Gasteiger partial charge in [0.25, 0.3) is 16.0 Å². The first-order valence-electron chi connectivity index (χ1n) is 15.8. The van der Waals surface area contributed by atoms with Crippen molar-refractivity contribution < 1.29 is 48.9 Å². The van der Waals surface area contributed by atoms with Gasteiger partial charge in [-0.15, -0.1) is 0 Å². The number of pyridine rings is 1. The highest BCUT2D eigenvalue weighted by Gasteiger charge is 2.65. The van der Waals surface area contributed by atoms with Gasteiger partial charge in [0.15, 0.2) is 0 Å². The monoisotopic (exact) mass is 749 g/mol. The summed E-state index contributed by atoms with van der Waals surface area (Å²) in [6.45, 7) is 5.64. The first-order chi connectivity index (χ1) is 24.1. The molecule has 2 saturated carbocycles. The van der Waals surface area contributed by atoms with Gasteiger partial charge in [0.05, 0.1) is 28.0 Å². The zero-order valence-corrected chi connectivity index (χ0v) is 28.7. The van der Waals surface area contributed by atoms with Crippen LogP contribution in [0.1, 0.15) is 60.2 Å². The maximum absolute atomic E-state index is 13.1. The van der Waals surface area contributed by atoms with Gasteiger partial charge in [-0.05, 0) is 85.2 Å². The molecule has 2 heterocycles. The number of carbonyl (C=O) groups is 2. The lowest BCUT2D eigenvalue weighted by Gasteiger charge is -2.35. The van der Waals surface area contributed by atoms with Gasteiger partial charge >= 0.3 is 12.4 Å². The van der Waals surface area contributed by atoms with Crippen LogP contribution < -0.4 is 10.6 Å². The average Bonchev–Trinajstić information content (AvgIpc) is 3.40. The highest BCUT2D eigenvalue weighted by Crippen LogP contribution is 2.64. The second kappa shape index (κ2) is 13.9. The van der Waals surface area contributed by atoms with E-state index in [1.165, 1.54) is 18.3 Å². The number of rotatable bonds is 7. The maximum atomic E-state index is 13.1. The number of nitrogens with one attached hydrogen (secondary N) is 2. The largest absolute Gasteiger partial charge is 0.416 e. The molecule has 10 nitrogen and oxygen atoms in total. The van der Waals surface area contributed by atoms with Crippen molar-refractivity contribution in [2.24, 2.45) is 16.7 Å². The van der Waals surface area contributed by atoms with Crippen LogP contribution in [0.4, 0.5) is 43.7 Å². The number of aromatic nitrogens is 3. The van der Waals surface area contributed by atoms with Crippen molar-refractivity contribution in [1.82, 2.24) is 15.0 Å². The van der Waals surface area contributed by atoms with Crippen molar-refractivity contribution in [3.8, 4) is 11.3 Å². The average molecular weight is 750 g/mol. The van der Waals surface area contributed by atoms with E-state index in [0.717, 1.165) is 12.0 Å². The Bertz CT molecular complexity index is 2080. The van der Waals surface area contributed by atoms with E-state index < -0.39 is 56.2 Å². The Hall–Kier alpha value is -4.90. The fourth-order valence-corrected chi connectivity index (χ4v) is 8.06. The molecule has 2 bridgehead atoms. The Balaban J connectivity index is 0.000000289. The topological polar surface area (TPSA) is 151 Å². The first-order valence-corrected chi connectivity index (χ1v) is 17.4. The van der Waals surface area contributed by atoms with Crippen LogP contribution in [-0.2, 0) is 27.3 Å². The van der Waals surface area contributed by atoms with Crippen LogP contribution in [0.25, 0.3) is 11.3 Å². The quantitative estimate of drug-likeness (QED) is 0.126. The van der Waals surface area contributed by atoms with Crippen molar-refractivity contribution in [3.63, 3.8) is 0 Å². The van der Waals surface area contributed by atoms with Gasteiger partial charge in [-0.1, -0.05) is 19.9 Å². The molecular formula is C35H33F6N5O5S. The number of nitrogens with zero attached hydrogens (tertiary/aromatic N) is 3. The van der Waals surface area contributed by atoms with Crippen LogP contribution in [0.15, 0.2) is 73.2 Å². The fourth-order valence-electron chi connectivity index (χ4n) is 6.76. The summed E-state index contributed by atoms with van der Waals surface area (Å²) < 4.78 is 110. The molecule has 0 spiro atoms. The maximum Gasteiger partial charge on any atom is 0.416 e. The molecule has 4 aromatic rings. The molecule has 2 aromatic carbocycles. The summed E-state index contributed by atoms with van der Waals surface area (Å²) in [5, 5.41) is 5.35. The SMILES string of the molecule is CC1(C)C2CCC1(CS(=O)(=O)O)C(=O)C2.Cc1ccc(NC(=O)c2cc(C(F)(F)F)cc(C(F)(F)F)c2)cc1Nc1nccc(-c2cccnc2)n1. The number of Topliss-reactive ketones (excluding diaryl/α,β-unsaturated/α-hetero) is 1. The van der Waals surface area contributed by atoms with Crippen molar-refractivity contribution in [2.75, 3.05) is 16.4 Å². The highest BCUT2D eigenvalue weighted by molar-refractivity contribution is 7.85. The number of halogens is 6. The van der Waals surface area contributed by atoms with Crippen LogP contribution >= 0.6 is 0 Å². The molecule has 0 saturated heterocycles. The van der Waals surface area contributed by atoms with Gasteiger partial charge in [-0.25, -0.2) is 9.97 Å². The predicted molar refractivity (Wildman–Crippen MR) is 179 cm³/mol. The molecule has 0 radical (unpaired) electrons. The number of carbonyl (C=O) groups excluding carboxylic acids is 2. The fraction of sp³-hybridized carbons (Fsp3) is 0.343. The number of benzene rings is 2. The molecule has 2 unspecified atom stereocenters. The van der Waals surface area contributed by atoms with Crippen LogP contribution in [0.2, 0.25) is 0 Å². The normalized spacial score (nSPS) is 19.5. The van der Waals surface area contributed by atoms with Gasteiger partial charge < -0.3 is 10.6 Å². The number of hydrogen-bond donors (Lipinski definition) is 3. The van der Waals surface area contributed by atoms with Crippen molar-refractivity contribution in [2.45, 2.75) is 52.4 Å². The van der Waals surface area contributed by atoms with Gasteiger partial charge in [0.1, 0.15) is 5.78 Å². The minimum absolute atomic E-state index is 0.0152. The molecule has 6 rings (SSSR count). The van der Waals surface area contributed by atoms with E-state index in [0.29, 0.717) is 41.9 Å². The summed E-state index contributed by atoms with van der Waals surface area (Å²) in [6.07, 6.45) is -3.38. The number of aryl methyl sites for hydroxylation is 1. The Labute approximate surface area is 294 Å². The molecule has 276 valence electrons. The summed E-state index contributed by atoms with van der Waals surface area (Å²) in [7, 11) is -4.08. The third kappa shape index (κ3) is 8.25. The summed E-state index contributed by atoms with van der Waals surface area (Å²) in [6, 6.07) is 10.5. The second-order valence-electron chi connectivity index (χ2n) is 13.3. The molecular weight excluding hydrogens is 716 g/mol. The second-order valence-corrected chi connectivity index (χ2v) is 14.8. The smallest absolute Gasteiger partial charge is 0.324 e. The van der Waals surface area contributed by atoms with E-state index in [1.807, 2.05) is 19.9 Å². The molecule has 2 aromatic heterocycles. The van der Waals surface area contributed by atoms with Gasteiger partial charge in [0.2, 0.25) is 5.95 Å². The Morgan fingerprint density at radius 1 is 0.981 bits per heavy atom. The molecule has 0 aliphatic heterocycles. The number of anilines is 3. The van der Waals surface area contributed by atoms with Crippen LogP contribution in [0.5, 0.6) is 0 Å². The molecule has 3 N–H and O–H groups in total. The minimum atomic E-state index is -5.07. The van der Waals surface area contributed by atoms with Crippen LogP contribution in [0, 0.1) is 23.7 Å². The molecule has 52 heavy (non-hydrogen) atoms.